The smallest absolute Gasteiger partial charge is 0.190 e. The van der Waals surface area contributed by atoms with Gasteiger partial charge >= 0.3 is 0 Å². The number of aromatic nitrogens is 1. The van der Waals surface area contributed by atoms with Gasteiger partial charge in [-0.1, -0.05) is 25.1 Å². The zero-order valence-electron chi connectivity index (χ0n) is 15.5. The van der Waals surface area contributed by atoms with Crippen LogP contribution in [0.4, 0.5) is 0 Å². The molecule has 0 unspecified atom stereocenters. The molecule has 1 heterocycles. The molecule has 25 heavy (non-hydrogen) atoms. The van der Waals surface area contributed by atoms with E-state index in [4.69, 9.17) is 0 Å². The Labute approximate surface area is 173 Å². The number of thioether (sulfide) groups is 1. The predicted molar refractivity (Wildman–Crippen MR) is 124 cm³/mol. The minimum absolute atomic E-state index is 0. The number of nitrogens with one attached hydrogen (secondary N) is 3. The number of aromatic amines is 1. The Hall–Kier alpha value is -0.890. The van der Waals surface area contributed by atoms with Crippen LogP contribution in [0.25, 0.3) is 10.9 Å². The Kier molecular flexibility index (Phi) is 11.0. The first kappa shape index (κ1) is 22.2. The predicted octanol–water partition coefficient (Wildman–Crippen LogP) is 4.20. The van der Waals surface area contributed by atoms with Gasteiger partial charge in [0.25, 0.3) is 0 Å². The first-order valence-corrected chi connectivity index (χ1v) is 10.2. The number of rotatable bonds is 9. The Balaban J connectivity index is 0.00000312. The van der Waals surface area contributed by atoms with Crippen molar-refractivity contribution >= 4 is 52.6 Å². The van der Waals surface area contributed by atoms with Gasteiger partial charge in [-0.05, 0) is 48.8 Å². The van der Waals surface area contributed by atoms with Crippen molar-refractivity contribution in [3.05, 3.63) is 35.5 Å². The third kappa shape index (κ3) is 6.73. The van der Waals surface area contributed by atoms with Crippen molar-refractivity contribution in [3.8, 4) is 0 Å². The number of hydrogen-bond donors (Lipinski definition) is 3. The fourth-order valence-corrected chi connectivity index (χ4v) is 3.38. The Morgan fingerprint density at radius 3 is 2.68 bits per heavy atom. The average Bonchev–Trinajstić information content (AvgIpc) is 3.03. The van der Waals surface area contributed by atoms with E-state index in [0.717, 1.165) is 31.9 Å². The largest absolute Gasteiger partial charge is 0.361 e. The quantitative estimate of drug-likeness (QED) is 0.221. The van der Waals surface area contributed by atoms with Gasteiger partial charge in [-0.25, -0.2) is 0 Å². The van der Waals surface area contributed by atoms with E-state index in [1.54, 1.807) is 0 Å². The lowest BCUT2D eigenvalue weighted by Crippen LogP contribution is -2.38. The topological polar surface area (TPSA) is 52.2 Å². The van der Waals surface area contributed by atoms with E-state index in [1.165, 1.54) is 40.6 Å². The number of hydrogen-bond acceptors (Lipinski definition) is 2. The molecule has 140 valence electrons. The molecule has 4 nitrogen and oxygen atoms in total. The molecule has 0 saturated carbocycles. The van der Waals surface area contributed by atoms with E-state index in [-0.39, 0.29) is 24.0 Å². The zero-order chi connectivity index (χ0) is 17.2. The van der Waals surface area contributed by atoms with Crippen LogP contribution >= 0.6 is 35.7 Å². The number of nitrogens with zero attached hydrogens (tertiary/aromatic N) is 1. The number of unbranched alkanes of at least 4 members (excludes halogenated alkanes) is 1. The molecule has 0 aliphatic carbocycles. The SMILES string of the molecule is CCc1cccc2c(CCNC(=NC)NCCCCSC)c[nH]c12.I. The molecule has 0 fully saturated rings. The highest BCUT2D eigenvalue weighted by Crippen LogP contribution is 2.22. The molecule has 0 radical (unpaired) electrons. The standard InChI is InChI=1S/C19H30N4S.HI/c1-4-15-8-7-9-17-16(14-23-18(15)17)10-12-22-19(20-2)21-11-5-6-13-24-3;/h7-9,14,23H,4-6,10-13H2,1-3H3,(H2,20,21,22);1H. The maximum Gasteiger partial charge on any atom is 0.190 e. The highest BCUT2D eigenvalue weighted by molar-refractivity contribution is 14.0. The average molecular weight is 474 g/mol. The van der Waals surface area contributed by atoms with Gasteiger partial charge < -0.3 is 15.6 Å². The zero-order valence-corrected chi connectivity index (χ0v) is 18.7. The number of para-hydroxylation sites is 1. The molecule has 3 N–H and O–H groups in total. The molecule has 0 spiro atoms. The van der Waals surface area contributed by atoms with E-state index in [1.807, 2.05) is 18.8 Å². The normalized spacial score (nSPS) is 11.4. The Bertz CT molecular complexity index is 654. The van der Waals surface area contributed by atoms with Gasteiger partial charge in [-0.2, -0.15) is 11.8 Å². The van der Waals surface area contributed by atoms with Gasteiger partial charge in [-0.3, -0.25) is 4.99 Å². The van der Waals surface area contributed by atoms with Crippen LogP contribution in [0.1, 0.15) is 30.9 Å². The van der Waals surface area contributed by atoms with Crippen molar-refractivity contribution in [2.75, 3.05) is 32.1 Å². The fraction of sp³-hybridized carbons (Fsp3) is 0.526. The first-order chi connectivity index (χ1) is 11.8. The summed E-state index contributed by atoms with van der Waals surface area (Å²) in [6.07, 6.45) is 8.78. The molecule has 0 atom stereocenters. The summed E-state index contributed by atoms with van der Waals surface area (Å²) >= 11 is 1.91. The van der Waals surface area contributed by atoms with E-state index in [0.29, 0.717) is 0 Å². The van der Waals surface area contributed by atoms with Crippen molar-refractivity contribution in [2.24, 2.45) is 4.99 Å². The number of guanidine groups is 1. The van der Waals surface area contributed by atoms with Crippen LogP contribution in [-0.2, 0) is 12.8 Å². The van der Waals surface area contributed by atoms with Crippen molar-refractivity contribution in [1.82, 2.24) is 15.6 Å². The third-order valence-electron chi connectivity index (χ3n) is 4.25. The molecule has 2 aromatic rings. The van der Waals surface area contributed by atoms with E-state index >= 15 is 0 Å². The van der Waals surface area contributed by atoms with Crippen molar-refractivity contribution in [2.45, 2.75) is 32.6 Å². The lowest BCUT2D eigenvalue weighted by Gasteiger charge is -2.11. The van der Waals surface area contributed by atoms with E-state index in [9.17, 15) is 0 Å². The van der Waals surface area contributed by atoms with E-state index in [2.05, 4.69) is 58.2 Å². The molecule has 2 rings (SSSR count). The highest BCUT2D eigenvalue weighted by atomic mass is 127. The minimum atomic E-state index is 0. The second-order valence-electron chi connectivity index (χ2n) is 5.88. The third-order valence-corrected chi connectivity index (χ3v) is 4.94. The van der Waals surface area contributed by atoms with Gasteiger partial charge in [-0.15, -0.1) is 24.0 Å². The lowest BCUT2D eigenvalue weighted by molar-refractivity contribution is 0.731. The fourth-order valence-electron chi connectivity index (χ4n) is 2.89. The highest BCUT2D eigenvalue weighted by Gasteiger charge is 2.06. The number of fused-ring (bicyclic) bond motifs is 1. The summed E-state index contributed by atoms with van der Waals surface area (Å²) in [6.45, 7) is 4.06. The van der Waals surface area contributed by atoms with Crippen molar-refractivity contribution in [3.63, 3.8) is 0 Å². The lowest BCUT2D eigenvalue weighted by atomic mass is 10.1. The summed E-state index contributed by atoms with van der Waals surface area (Å²) in [5.74, 6) is 2.13. The summed E-state index contributed by atoms with van der Waals surface area (Å²) in [7, 11) is 1.83. The molecule has 1 aromatic heterocycles. The molecular weight excluding hydrogens is 443 g/mol. The number of benzene rings is 1. The number of halogens is 1. The molecule has 6 heteroatoms. The molecule has 0 bridgehead atoms. The molecule has 0 saturated heterocycles. The number of aryl methyl sites for hydroxylation is 1. The second kappa shape index (κ2) is 12.5. The first-order valence-electron chi connectivity index (χ1n) is 8.81. The summed E-state index contributed by atoms with van der Waals surface area (Å²) in [5, 5.41) is 8.14. The van der Waals surface area contributed by atoms with Crippen LogP contribution in [0, 0.1) is 0 Å². The summed E-state index contributed by atoms with van der Waals surface area (Å²) < 4.78 is 0. The van der Waals surface area contributed by atoms with Crippen LogP contribution in [-0.4, -0.2) is 43.1 Å². The van der Waals surface area contributed by atoms with Gasteiger partial charge in [0.05, 0.1) is 0 Å². The second-order valence-corrected chi connectivity index (χ2v) is 6.87. The molecule has 1 aromatic carbocycles. The monoisotopic (exact) mass is 474 g/mol. The van der Waals surface area contributed by atoms with Gasteiger partial charge in [0.15, 0.2) is 5.96 Å². The van der Waals surface area contributed by atoms with Gasteiger partial charge in [0.1, 0.15) is 0 Å². The van der Waals surface area contributed by atoms with Crippen molar-refractivity contribution < 1.29 is 0 Å². The van der Waals surface area contributed by atoms with Crippen LogP contribution in [0.5, 0.6) is 0 Å². The molecule has 0 amide bonds. The number of aliphatic imine (C=N–C) groups is 1. The summed E-state index contributed by atoms with van der Waals surface area (Å²) in [4.78, 5) is 7.73. The molecular formula is C19H31IN4S. The maximum atomic E-state index is 4.30. The van der Waals surface area contributed by atoms with Gasteiger partial charge in [0, 0.05) is 37.2 Å². The molecule has 0 aliphatic heterocycles. The minimum Gasteiger partial charge on any atom is -0.361 e. The Morgan fingerprint density at radius 2 is 1.96 bits per heavy atom. The van der Waals surface area contributed by atoms with Gasteiger partial charge in [0.2, 0.25) is 0 Å². The van der Waals surface area contributed by atoms with Crippen LogP contribution < -0.4 is 10.6 Å². The maximum absolute atomic E-state index is 4.30. The Morgan fingerprint density at radius 1 is 1.16 bits per heavy atom. The number of H-pyrrole nitrogens is 1. The van der Waals surface area contributed by atoms with E-state index < -0.39 is 0 Å². The van der Waals surface area contributed by atoms with Crippen LogP contribution in [0.3, 0.4) is 0 Å². The van der Waals surface area contributed by atoms with Crippen LogP contribution in [0.2, 0.25) is 0 Å². The molecule has 0 aliphatic rings. The van der Waals surface area contributed by atoms with Crippen molar-refractivity contribution in [1.29, 1.82) is 0 Å². The summed E-state index contributed by atoms with van der Waals surface area (Å²) in [6, 6.07) is 6.56. The van der Waals surface area contributed by atoms with Crippen LogP contribution in [0.15, 0.2) is 29.4 Å². The summed E-state index contributed by atoms with van der Waals surface area (Å²) in [5.41, 5.74) is 4.03.